The molecule has 0 aliphatic heterocycles. The predicted octanol–water partition coefficient (Wildman–Crippen LogP) is 0.0903. The maximum Gasteiger partial charge on any atom is 0.274 e. The van der Waals surface area contributed by atoms with Crippen molar-refractivity contribution in [3.8, 4) is 0 Å². The van der Waals surface area contributed by atoms with Crippen molar-refractivity contribution in [1.29, 1.82) is 0 Å². The van der Waals surface area contributed by atoms with Gasteiger partial charge in [-0.15, -0.1) is 0 Å². The zero-order valence-corrected chi connectivity index (χ0v) is 10.0. The first kappa shape index (κ1) is 12.9. The van der Waals surface area contributed by atoms with Crippen LogP contribution in [0.2, 0.25) is 0 Å². The second-order valence-corrected chi connectivity index (χ2v) is 5.49. The van der Waals surface area contributed by atoms with Gasteiger partial charge in [-0.05, 0) is 38.6 Å². The van der Waals surface area contributed by atoms with Gasteiger partial charge < -0.3 is 5.32 Å². The quantitative estimate of drug-likeness (QED) is 0.631. The van der Waals surface area contributed by atoms with E-state index in [9.17, 15) is 8.42 Å². The molecule has 4 N–H and O–H groups in total. The molecule has 1 saturated carbocycles. The van der Waals surface area contributed by atoms with Gasteiger partial charge in [0.2, 0.25) is 0 Å². The summed E-state index contributed by atoms with van der Waals surface area (Å²) in [5, 5.41) is 8.37. The lowest BCUT2D eigenvalue weighted by Gasteiger charge is -2.29. The van der Waals surface area contributed by atoms with Crippen LogP contribution < -0.4 is 15.2 Å². The first-order valence-electron chi connectivity index (χ1n) is 5.54. The number of rotatable bonds is 5. The summed E-state index contributed by atoms with van der Waals surface area (Å²) in [5.41, 5.74) is 0. The third-order valence-corrected chi connectivity index (χ3v) is 3.40. The van der Waals surface area contributed by atoms with Crippen molar-refractivity contribution >= 4 is 10.2 Å². The van der Waals surface area contributed by atoms with Crippen molar-refractivity contribution in [2.24, 2.45) is 5.14 Å². The average molecular weight is 235 g/mol. The van der Waals surface area contributed by atoms with Crippen LogP contribution >= 0.6 is 0 Å². The van der Waals surface area contributed by atoms with E-state index in [1.165, 1.54) is 0 Å². The fraction of sp³-hybridized carbons (Fsp3) is 1.00. The van der Waals surface area contributed by atoms with Crippen molar-refractivity contribution < 1.29 is 8.42 Å². The van der Waals surface area contributed by atoms with Crippen LogP contribution in [0, 0.1) is 0 Å². The first-order chi connectivity index (χ1) is 7.01. The van der Waals surface area contributed by atoms with Gasteiger partial charge in [0, 0.05) is 12.1 Å². The molecule has 1 aliphatic carbocycles. The van der Waals surface area contributed by atoms with Crippen molar-refractivity contribution in [2.75, 3.05) is 6.54 Å². The summed E-state index contributed by atoms with van der Waals surface area (Å²) < 4.78 is 24.1. The Balaban J connectivity index is 2.24. The van der Waals surface area contributed by atoms with E-state index in [4.69, 9.17) is 5.14 Å². The van der Waals surface area contributed by atoms with Gasteiger partial charge in [-0.2, -0.15) is 13.1 Å². The molecule has 0 bridgehead atoms. The molecule has 6 heteroatoms. The summed E-state index contributed by atoms with van der Waals surface area (Å²) in [6.07, 6.45) is 4.92. The van der Waals surface area contributed by atoms with E-state index in [0.29, 0.717) is 6.04 Å². The molecule has 0 unspecified atom stereocenters. The molecule has 0 heterocycles. The Morgan fingerprint density at radius 3 is 2.20 bits per heavy atom. The van der Waals surface area contributed by atoms with E-state index in [1.807, 2.05) is 0 Å². The molecule has 5 nitrogen and oxygen atoms in total. The van der Waals surface area contributed by atoms with E-state index in [2.05, 4.69) is 17.0 Å². The van der Waals surface area contributed by atoms with Crippen molar-refractivity contribution in [3.05, 3.63) is 0 Å². The topological polar surface area (TPSA) is 84.2 Å². The maximum atomic E-state index is 10.8. The molecule has 1 aliphatic rings. The largest absolute Gasteiger partial charge is 0.314 e. The Morgan fingerprint density at radius 2 is 1.73 bits per heavy atom. The van der Waals surface area contributed by atoms with Crippen LogP contribution in [0.1, 0.15) is 39.0 Å². The molecule has 15 heavy (non-hydrogen) atoms. The van der Waals surface area contributed by atoms with Crippen LogP contribution in [0.3, 0.4) is 0 Å². The summed E-state index contributed by atoms with van der Waals surface area (Å²) in [6, 6.07) is 0.572. The number of nitrogens with two attached hydrogens (primary N) is 1. The highest BCUT2D eigenvalue weighted by molar-refractivity contribution is 7.87. The smallest absolute Gasteiger partial charge is 0.274 e. The molecule has 0 spiro atoms. The van der Waals surface area contributed by atoms with E-state index in [0.717, 1.165) is 38.6 Å². The van der Waals surface area contributed by atoms with Gasteiger partial charge in [-0.3, -0.25) is 0 Å². The monoisotopic (exact) mass is 235 g/mol. The van der Waals surface area contributed by atoms with E-state index in [-0.39, 0.29) is 6.04 Å². The molecule has 0 aromatic heterocycles. The molecule has 0 radical (unpaired) electrons. The van der Waals surface area contributed by atoms with Crippen molar-refractivity contribution in [2.45, 2.75) is 51.1 Å². The fourth-order valence-electron chi connectivity index (χ4n) is 2.00. The minimum atomic E-state index is -3.53. The third kappa shape index (κ3) is 5.46. The molecule has 90 valence electrons. The fourth-order valence-corrected chi connectivity index (χ4v) is 2.70. The van der Waals surface area contributed by atoms with Crippen molar-refractivity contribution in [1.82, 2.24) is 10.0 Å². The molecule has 1 rings (SSSR count). The summed E-state index contributed by atoms with van der Waals surface area (Å²) >= 11 is 0. The molecule has 0 aromatic rings. The summed E-state index contributed by atoms with van der Waals surface area (Å²) in [6.45, 7) is 3.18. The van der Waals surface area contributed by atoms with Crippen LogP contribution in [-0.4, -0.2) is 27.0 Å². The molecule has 0 saturated heterocycles. The molecule has 0 atom stereocenters. The number of hydrogen-bond acceptors (Lipinski definition) is 3. The molecule has 0 aromatic carbocycles. The number of hydrogen-bond donors (Lipinski definition) is 3. The second-order valence-electron chi connectivity index (χ2n) is 4.17. The lowest BCUT2D eigenvalue weighted by molar-refractivity contribution is 0.330. The van der Waals surface area contributed by atoms with E-state index >= 15 is 0 Å². The van der Waals surface area contributed by atoms with E-state index in [1.54, 1.807) is 0 Å². The van der Waals surface area contributed by atoms with Gasteiger partial charge in [0.15, 0.2) is 0 Å². The van der Waals surface area contributed by atoms with Gasteiger partial charge in [0.1, 0.15) is 0 Å². The summed E-state index contributed by atoms with van der Waals surface area (Å²) in [7, 11) is -3.53. The average Bonchev–Trinajstić information content (AvgIpc) is 2.14. The standard InChI is InChI=1S/C9H21N3O2S/c1-2-7-11-8-3-5-9(6-4-8)12-15(10,13)14/h8-9,11-12H,2-7H2,1H3,(H2,10,13,14). The molecular weight excluding hydrogens is 214 g/mol. The van der Waals surface area contributed by atoms with Crippen molar-refractivity contribution in [3.63, 3.8) is 0 Å². The van der Waals surface area contributed by atoms with Gasteiger partial charge in [0.25, 0.3) is 10.2 Å². The zero-order valence-electron chi connectivity index (χ0n) is 9.20. The molecule has 1 fully saturated rings. The lowest BCUT2D eigenvalue weighted by Crippen LogP contribution is -2.44. The lowest BCUT2D eigenvalue weighted by atomic mass is 9.92. The highest BCUT2D eigenvalue weighted by atomic mass is 32.2. The summed E-state index contributed by atoms with van der Waals surface area (Å²) in [4.78, 5) is 0. The van der Waals surface area contributed by atoms with Crippen LogP contribution in [0.15, 0.2) is 0 Å². The first-order valence-corrected chi connectivity index (χ1v) is 7.09. The van der Waals surface area contributed by atoms with Gasteiger partial charge in [0.05, 0.1) is 0 Å². The molecular formula is C9H21N3O2S. The Bertz CT molecular complexity index is 271. The highest BCUT2D eigenvalue weighted by Crippen LogP contribution is 2.18. The second kappa shape index (κ2) is 5.79. The maximum absolute atomic E-state index is 10.8. The Hall–Kier alpha value is -0.170. The zero-order chi connectivity index (χ0) is 11.3. The van der Waals surface area contributed by atoms with Crippen LogP contribution in [0.25, 0.3) is 0 Å². The normalized spacial score (nSPS) is 27.9. The predicted molar refractivity (Wildman–Crippen MR) is 60.6 cm³/mol. The number of nitrogens with one attached hydrogen (secondary N) is 2. The van der Waals surface area contributed by atoms with Crippen LogP contribution in [0.4, 0.5) is 0 Å². The SMILES string of the molecule is CCCNC1CCC(NS(N)(=O)=O)CC1. The Labute approximate surface area is 92.0 Å². The summed E-state index contributed by atoms with van der Waals surface area (Å²) in [5.74, 6) is 0. The van der Waals surface area contributed by atoms with Gasteiger partial charge in [-0.1, -0.05) is 6.92 Å². The highest BCUT2D eigenvalue weighted by Gasteiger charge is 2.22. The minimum Gasteiger partial charge on any atom is -0.314 e. The van der Waals surface area contributed by atoms with Gasteiger partial charge >= 0.3 is 0 Å². The van der Waals surface area contributed by atoms with E-state index < -0.39 is 10.2 Å². The Morgan fingerprint density at radius 1 is 1.20 bits per heavy atom. The van der Waals surface area contributed by atoms with Gasteiger partial charge in [-0.25, -0.2) is 5.14 Å². The molecule has 0 amide bonds. The Kier molecular flexibility index (Phi) is 4.98. The minimum absolute atomic E-state index is 0.0275. The van der Waals surface area contributed by atoms with Crippen LogP contribution in [-0.2, 0) is 10.2 Å². The van der Waals surface area contributed by atoms with Crippen LogP contribution in [0.5, 0.6) is 0 Å². The third-order valence-electron chi connectivity index (χ3n) is 2.74.